The van der Waals surface area contributed by atoms with Crippen LogP contribution >= 0.6 is 0 Å². The smallest absolute Gasteiger partial charge is 0.123 e. The second-order valence-corrected chi connectivity index (χ2v) is 11.4. The van der Waals surface area contributed by atoms with Crippen LogP contribution in [-0.2, 0) is 0 Å². The summed E-state index contributed by atoms with van der Waals surface area (Å²) in [5.74, 6) is -0.159. The van der Waals surface area contributed by atoms with E-state index in [1.165, 1.54) is 37.1 Å². The van der Waals surface area contributed by atoms with E-state index in [1.807, 2.05) is 24.3 Å². The molecule has 0 amide bonds. The Bertz CT molecular complexity index is 618. The molecule has 2 aromatic rings. The van der Waals surface area contributed by atoms with Crippen molar-refractivity contribution in [3.63, 3.8) is 0 Å². The number of benzene rings is 2. The van der Waals surface area contributed by atoms with Crippen LogP contribution < -0.4 is 10.4 Å². The summed E-state index contributed by atoms with van der Waals surface area (Å²) in [5, 5.41) is 13.0. The van der Waals surface area contributed by atoms with Crippen molar-refractivity contribution in [1.29, 1.82) is 0 Å². The lowest BCUT2D eigenvalue weighted by Gasteiger charge is -2.33. The van der Waals surface area contributed by atoms with Crippen LogP contribution in [0.2, 0.25) is 12.6 Å². The highest BCUT2D eigenvalue weighted by Gasteiger charge is 2.37. The summed E-state index contributed by atoms with van der Waals surface area (Å²) in [5.41, 5.74) is 0. The van der Waals surface area contributed by atoms with Crippen molar-refractivity contribution in [3.8, 4) is 0 Å². The second kappa shape index (κ2) is 7.15. The quantitative estimate of drug-likeness (QED) is 0.819. The maximum atomic E-state index is 13.4. The van der Waals surface area contributed by atoms with Crippen LogP contribution in [0.4, 0.5) is 8.78 Å². The average Bonchev–Trinajstić information content (AvgIpc) is 3.10. The Kier molecular flexibility index (Phi) is 5.16. The maximum absolute atomic E-state index is 13.4. The summed E-state index contributed by atoms with van der Waals surface area (Å²) < 4.78 is 26.7. The lowest BCUT2D eigenvalue weighted by molar-refractivity contribution is 0.128. The minimum Gasteiger partial charge on any atom is -0.393 e. The average molecular weight is 346 g/mol. The van der Waals surface area contributed by atoms with Gasteiger partial charge in [0.1, 0.15) is 19.7 Å². The van der Waals surface area contributed by atoms with Gasteiger partial charge in [-0.1, -0.05) is 54.0 Å². The topological polar surface area (TPSA) is 20.2 Å². The molecule has 0 heterocycles. The Morgan fingerprint density at radius 1 is 0.917 bits per heavy atom. The van der Waals surface area contributed by atoms with Gasteiger partial charge in [-0.3, -0.25) is 0 Å². The van der Waals surface area contributed by atoms with Gasteiger partial charge in [0.15, 0.2) is 0 Å². The maximum Gasteiger partial charge on any atom is 0.123 e. The van der Waals surface area contributed by atoms with Crippen LogP contribution in [0.15, 0.2) is 48.5 Å². The SMILES string of the molecule is C[Si](C[C@@H](O)C1CCCC1)(c1ccc(F)cc1)c1ccc(F)cc1. The zero-order valence-electron chi connectivity index (χ0n) is 14.0. The molecule has 1 nitrogen and oxygen atoms in total. The molecule has 1 aliphatic carbocycles. The van der Waals surface area contributed by atoms with E-state index in [2.05, 4.69) is 6.55 Å². The molecule has 1 aliphatic rings. The first-order chi connectivity index (χ1) is 11.5. The molecule has 1 fully saturated rings. The number of hydrogen-bond donors (Lipinski definition) is 1. The van der Waals surface area contributed by atoms with E-state index >= 15 is 0 Å². The molecule has 0 spiro atoms. The Morgan fingerprint density at radius 2 is 1.33 bits per heavy atom. The second-order valence-electron chi connectivity index (χ2n) is 7.16. The molecule has 4 heteroatoms. The molecule has 0 bridgehead atoms. The highest BCUT2D eigenvalue weighted by molar-refractivity contribution is 7.01. The monoisotopic (exact) mass is 346 g/mol. The Labute approximate surface area is 143 Å². The van der Waals surface area contributed by atoms with Crippen molar-refractivity contribution >= 4 is 18.4 Å². The molecule has 1 saturated carbocycles. The number of aliphatic hydroxyl groups is 1. The van der Waals surface area contributed by atoms with E-state index in [4.69, 9.17) is 0 Å². The highest BCUT2D eigenvalue weighted by atomic mass is 28.3. The van der Waals surface area contributed by atoms with Crippen LogP contribution in [-0.4, -0.2) is 19.3 Å². The summed E-state index contributed by atoms with van der Waals surface area (Å²) in [6.45, 7) is 2.19. The lowest BCUT2D eigenvalue weighted by Crippen LogP contribution is -2.57. The van der Waals surface area contributed by atoms with E-state index in [0.717, 1.165) is 23.2 Å². The third-order valence-electron chi connectivity index (χ3n) is 5.52. The number of aliphatic hydroxyl groups excluding tert-OH is 1. The Balaban J connectivity index is 1.96. The van der Waals surface area contributed by atoms with Gasteiger partial charge in [-0.2, -0.15) is 0 Å². The minimum absolute atomic E-state index is 0.259. The molecule has 1 atom stereocenters. The molecule has 1 N–H and O–H groups in total. The first-order valence-corrected chi connectivity index (χ1v) is 11.4. The molecule has 2 aromatic carbocycles. The number of rotatable bonds is 5. The zero-order chi connectivity index (χ0) is 17.2. The Hall–Kier alpha value is -1.52. The number of halogens is 2. The molecule has 0 unspecified atom stereocenters. The molecular formula is C20H24F2OSi. The molecule has 0 saturated heterocycles. The summed E-state index contributed by atoms with van der Waals surface area (Å²) in [6, 6.07) is 13.9. The first kappa shape index (κ1) is 17.3. The van der Waals surface area contributed by atoms with Crippen molar-refractivity contribution < 1.29 is 13.9 Å². The van der Waals surface area contributed by atoms with Gasteiger partial charge in [0.25, 0.3) is 0 Å². The van der Waals surface area contributed by atoms with E-state index in [-0.39, 0.29) is 17.7 Å². The van der Waals surface area contributed by atoms with Crippen LogP contribution in [0.1, 0.15) is 25.7 Å². The standard InChI is InChI=1S/C20H24F2OSi/c1-24(18-10-6-16(21)7-11-18,19-12-8-17(22)9-13-19)14-20(23)15-4-2-3-5-15/h6-13,15,20,23H,2-5,14H2,1H3/t20-/m1/s1. The lowest BCUT2D eigenvalue weighted by atomic mass is 10.0. The van der Waals surface area contributed by atoms with E-state index < -0.39 is 8.07 Å². The van der Waals surface area contributed by atoms with Gasteiger partial charge in [-0.15, -0.1) is 0 Å². The van der Waals surface area contributed by atoms with Crippen LogP contribution in [0.25, 0.3) is 0 Å². The van der Waals surface area contributed by atoms with Crippen molar-refractivity contribution in [2.24, 2.45) is 5.92 Å². The third-order valence-corrected chi connectivity index (χ3v) is 9.97. The molecule has 3 rings (SSSR count). The van der Waals surface area contributed by atoms with Crippen LogP contribution in [0.5, 0.6) is 0 Å². The normalized spacial score (nSPS) is 17.2. The van der Waals surface area contributed by atoms with Gasteiger partial charge in [0.2, 0.25) is 0 Å². The molecule has 0 aliphatic heterocycles. The first-order valence-electron chi connectivity index (χ1n) is 8.69. The van der Waals surface area contributed by atoms with Gasteiger partial charge in [-0.05, 0) is 49.1 Å². The van der Waals surface area contributed by atoms with Crippen LogP contribution in [0, 0.1) is 17.6 Å². The highest BCUT2D eigenvalue weighted by Crippen LogP contribution is 2.31. The van der Waals surface area contributed by atoms with Gasteiger partial charge in [0.05, 0.1) is 6.10 Å². The predicted molar refractivity (Wildman–Crippen MR) is 96.5 cm³/mol. The largest absolute Gasteiger partial charge is 0.393 e. The van der Waals surface area contributed by atoms with Crippen molar-refractivity contribution in [3.05, 3.63) is 60.2 Å². The van der Waals surface area contributed by atoms with E-state index in [0.29, 0.717) is 12.0 Å². The number of hydrogen-bond acceptors (Lipinski definition) is 1. The van der Waals surface area contributed by atoms with Crippen molar-refractivity contribution in [1.82, 2.24) is 0 Å². The fourth-order valence-corrected chi connectivity index (χ4v) is 7.74. The van der Waals surface area contributed by atoms with Crippen molar-refractivity contribution in [2.75, 3.05) is 0 Å². The summed E-state index contributed by atoms with van der Waals surface area (Å²) >= 11 is 0. The zero-order valence-corrected chi connectivity index (χ0v) is 15.0. The van der Waals surface area contributed by atoms with Crippen LogP contribution in [0.3, 0.4) is 0 Å². The third kappa shape index (κ3) is 3.60. The van der Waals surface area contributed by atoms with Gasteiger partial charge < -0.3 is 5.11 Å². The van der Waals surface area contributed by atoms with E-state index in [9.17, 15) is 13.9 Å². The Morgan fingerprint density at radius 3 is 1.75 bits per heavy atom. The van der Waals surface area contributed by atoms with Gasteiger partial charge in [-0.25, -0.2) is 8.78 Å². The predicted octanol–water partition coefficient (Wildman–Crippen LogP) is 3.71. The molecule has 128 valence electrons. The van der Waals surface area contributed by atoms with Gasteiger partial charge in [0, 0.05) is 0 Å². The summed E-state index contributed by atoms with van der Waals surface area (Å²) in [4.78, 5) is 0. The van der Waals surface area contributed by atoms with E-state index in [1.54, 1.807) is 0 Å². The summed E-state index contributed by atoms with van der Waals surface area (Å²) in [6.07, 6.45) is 4.19. The minimum atomic E-state index is -2.26. The fourth-order valence-electron chi connectivity index (χ4n) is 3.96. The molecular weight excluding hydrogens is 322 g/mol. The summed E-state index contributed by atoms with van der Waals surface area (Å²) in [7, 11) is -2.26. The van der Waals surface area contributed by atoms with Crippen molar-refractivity contribution in [2.45, 2.75) is 44.4 Å². The molecule has 0 aromatic heterocycles. The molecule has 24 heavy (non-hydrogen) atoms. The van der Waals surface area contributed by atoms with Gasteiger partial charge >= 0.3 is 0 Å². The molecule has 0 radical (unpaired) electrons. The fraction of sp³-hybridized carbons (Fsp3) is 0.400.